The Morgan fingerprint density at radius 3 is 1.42 bits per heavy atom. The number of hydrogen-bond acceptors (Lipinski definition) is 4. The highest BCUT2D eigenvalue weighted by Gasteiger charge is 2.47. The van der Waals surface area contributed by atoms with Gasteiger partial charge in [0, 0.05) is 0 Å². The maximum absolute atomic E-state index is 10.3. The minimum absolute atomic E-state index is 0.380. The van der Waals surface area contributed by atoms with Crippen molar-refractivity contribution in [3.05, 3.63) is 0 Å². The fourth-order valence-corrected chi connectivity index (χ4v) is 2.65. The van der Waals surface area contributed by atoms with Crippen molar-refractivity contribution in [2.45, 2.75) is 84.6 Å². The lowest BCUT2D eigenvalue weighted by atomic mass is 9.93. The number of aliphatic hydroxyl groups excluding tert-OH is 2. The molecule has 0 aliphatic carbocycles. The Morgan fingerprint density at radius 2 is 1.16 bits per heavy atom. The van der Waals surface area contributed by atoms with Crippen LogP contribution in [0.25, 0.3) is 0 Å². The molecule has 19 heavy (non-hydrogen) atoms. The first-order valence-corrected chi connectivity index (χ1v) is 7.34. The molecule has 0 aromatic heterocycles. The van der Waals surface area contributed by atoms with Crippen LogP contribution in [0, 0.1) is 11.8 Å². The van der Waals surface area contributed by atoms with Crippen molar-refractivity contribution in [2.24, 2.45) is 11.8 Å². The molecule has 0 bridgehead atoms. The molecule has 2 N–H and O–H groups in total. The monoisotopic (exact) mass is 274 g/mol. The molecule has 1 aliphatic rings. The molecule has 1 fully saturated rings. The molecule has 4 nitrogen and oxygen atoms in total. The molecule has 0 radical (unpaired) electrons. The largest absolute Gasteiger partial charge is 0.390 e. The van der Waals surface area contributed by atoms with Gasteiger partial charge in [0.2, 0.25) is 0 Å². The zero-order valence-corrected chi connectivity index (χ0v) is 13.1. The summed E-state index contributed by atoms with van der Waals surface area (Å²) in [7, 11) is 0. The summed E-state index contributed by atoms with van der Waals surface area (Å²) < 4.78 is 11.6. The summed E-state index contributed by atoms with van der Waals surface area (Å²) in [6, 6.07) is 0. The van der Waals surface area contributed by atoms with Crippen LogP contribution in [-0.4, -0.2) is 40.4 Å². The Kier molecular flexibility index (Phi) is 5.80. The molecule has 0 unspecified atom stereocenters. The van der Waals surface area contributed by atoms with E-state index in [4.69, 9.17) is 9.47 Å². The highest BCUT2D eigenvalue weighted by atomic mass is 16.8. The van der Waals surface area contributed by atoms with Gasteiger partial charge in [-0.15, -0.1) is 0 Å². The normalized spacial score (nSPS) is 30.0. The van der Waals surface area contributed by atoms with Crippen molar-refractivity contribution in [1.82, 2.24) is 0 Å². The molecular formula is C15H30O4. The highest BCUT2D eigenvalue weighted by Crippen LogP contribution is 2.34. The van der Waals surface area contributed by atoms with E-state index >= 15 is 0 Å². The van der Waals surface area contributed by atoms with Gasteiger partial charge in [-0.3, -0.25) is 0 Å². The summed E-state index contributed by atoms with van der Waals surface area (Å²) in [5.74, 6) is 0.0148. The van der Waals surface area contributed by atoms with Gasteiger partial charge in [0.05, 0.1) is 12.2 Å². The van der Waals surface area contributed by atoms with Crippen molar-refractivity contribution in [1.29, 1.82) is 0 Å². The molecule has 4 heteroatoms. The van der Waals surface area contributed by atoms with E-state index in [9.17, 15) is 10.2 Å². The van der Waals surface area contributed by atoms with Gasteiger partial charge in [-0.2, -0.15) is 0 Å². The van der Waals surface area contributed by atoms with Crippen molar-refractivity contribution < 1.29 is 19.7 Å². The second-order valence-electron chi connectivity index (χ2n) is 6.96. The Bertz CT molecular complexity index is 249. The van der Waals surface area contributed by atoms with Crippen LogP contribution in [0.15, 0.2) is 0 Å². The predicted molar refractivity (Wildman–Crippen MR) is 74.7 cm³/mol. The summed E-state index contributed by atoms with van der Waals surface area (Å²) >= 11 is 0. The first-order valence-electron chi connectivity index (χ1n) is 7.34. The van der Waals surface area contributed by atoms with Crippen LogP contribution >= 0.6 is 0 Å². The van der Waals surface area contributed by atoms with Crippen molar-refractivity contribution in [2.75, 3.05) is 0 Å². The lowest BCUT2D eigenvalue weighted by Gasteiger charge is -2.27. The van der Waals surface area contributed by atoms with Crippen LogP contribution in [0.5, 0.6) is 0 Å². The third-order valence-corrected chi connectivity index (χ3v) is 3.35. The topological polar surface area (TPSA) is 58.9 Å². The molecule has 114 valence electrons. The van der Waals surface area contributed by atoms with Gasteiger partial charge in [-0.1, -0.05) is 27.7 Å². The third-order valence-electron chi connectivity index (χ3n) is 3.35. The Morgan fingerprint density at radius 1 is 0.842 bits per heavy atom. The molecule has 0 saturated carbocycles. The zero-order chi connectivity index (χ0) is 14.8. The molecule has 1 rings (SSSR count). The van der Waals surface area contributed by atoms with Gasteiger partial charge in [0.15, 0.2) is 5.79 Å². The lowest BCUT2D eigenvalue weighted by molar-refractivity contribution is -0.161. The average Bonchev–Trinajstić information content (AvgIpc) is 2.52. The smallest absolute Gasteiger partial charge is 0.164 e. The number of rotatable bonds is 6. The Balaban J connectivity index is 2.74. The van der Waals surface area contributed by atoms with Gasteiger partial charge in [-0.25, -0.2) is 0 Å². The van der Waals surface area contributed by atoms with Crippen LogP contribution in [0.3, 0.4) is 0 Å². The average molecular weight is 274 g/mol. The van der Waals surface area contributed by atoms with Crippen LogP contribution in [0.1, 0.15) is 54.4 Å². The van der Waals surface area contributed by atoms with Crippen molar-refractivity contribution >= 4 is 0 Å². The summed E-state index contributed by atoms with van der Waals surface area (Å²) in [5.41, 5.74) is 0. The van der Waals surface area contributed by atoms with Gasteiger partial charge in [0.1, 0.15) is 12.2 Å². The SMILES string of the molecule is CC(C)C[C@@H](O)[C@H]1OC(C)(C)O[C@@H]1[C@H](O)CC(C)C. The number of hydrogen-bond donors (Lipinski definition) is 2. The molecule has 4 atom stereocenters. The van der Waals surface area contributed by atoms with Crippen LogP contribution in [-0.2, 0) is 9.47 Å². The second-order valence-corrected chi connectivity index (χ2v) is 6.96. The summed E-state index contributed by atoms with van der Waals surface area (Å²) in [4.78, 5) is 0. The summed E-state index contributed by atoms with van der Waals surface area (Å²) in [6.45, 7) is 11.9. The molecule has 1 saturated heterocycles. The van der Waals surface area contributed by atoms with Crippen molar-refractivity contribution in [3.8, 4) is 0 Å². The van der Waals surface area contributed by atoms with Gasteiger partial charge < -0.3 is 19.7 Å². The fraction of sp³-hybridized carbons (Fsp3) is 1.00. The van der Waals surface area contributed by atoms with Crippen molar-refractivity contribution in [3.63, 3.8) is 0 Å². The maximum atomic E-state index is 10.3. The Hall–Kier alpha value is -0.160. The van der Waals surface area contributed by atoms with Gasteiger partial charge in [0.25, 0.3) is 0 Å². The molecule has 0 aromatic rings. The van der Waals surface area contributed by atoms with Crippen LogP contribution < -0.4 is 0 Å². The quantitative estimate of drug-likeness (QED) is 0.780. The van der Waals surface area contributed by atoms with Gasteiger partial charge >= 0.3 is 0 Å². The molecule has 1 aliphatic heterocycles. The third kappa shape index (κ3) is 5.03. The predicted octanol–water partition coefficient (Wildman–Crippen LogP) is 2.32. The molecule has 0 aromatic carbocycles. The maximum Gasteiger partial charge on any atom is 0.164 e. The summed E-state index contributed by atoms with van der Waals surface area (Å²) in [5, 5.41) is 20.6. The molecular weight excluding hydrogens is 244 g/mol. The van der Waals surface area contributed by atoms with E-state index in [-0.39, 0.29) is 0 Å². The highest BCUT2D eigenvalue weighted by molar-refractivity contribution is 4.91. The Labute approximate surface area is 117 Å². The number of ether oxygens (including phenoxy) is 2. The lowest BCUT2D eigenvalue weighted by Crippen LogP contribution is -2.43. The standard InChI is InChI=1S/C15H30O4/c1-9(2)7-11(16)13-14(12(17)8-10(3)4)19-15(5,6)18-13/h9-14,16-17H,7-8H2,1-6H3/t11-,12-,13-,14-/m1/s1. The van der Waals surface area contributed by atoms with Gasteiger partial charge in [-0.05, 0) is 38.5 Å². The van der Waals surface area contributed by atoms with E-state index < -0.39 is 30.2 Å². The van der Waals surface area contributed by atoms with E-state index in [0.717, 1.165) is 0 Å². The minimum Gasteiger partial charge on any atom is -0.390 e. The molecule has 0 spiro atoms. The first kappa shape index (κ1) is 16.9. The van der Waals surface area contributed by atoms with Crippen LogP contribution in [0.2, 0.25) is 0 Å². The van der Waals surface area contributed by atoms with E-state index in [0.29, 0.717) is 24.7 Å². The minimum atomic E-state index is -0.745. The zero-order valence-electron chi connectivity index (χ0n) is 13.1. The second kappa shape index (κ2) is 6.53. The summed E-state index contributed by atoms with van der Waals surface area (Å²) in [6.07, 6.45) is -0.816. The number of aliphatic hydroxyl groups is 2. The van der Waals surface area contributed by atoms with E-state index in [1.165, 1.54) is 0 Å². The molecule has 0 amide bonds. The van der Waals surface area contributed by atoms with E-state index in [1.807, 2.05) is 13.8 Å². The molecule has 1 heterocycles. The van der Waals surface area contributed by atoms with Crippen LogP contribution in [0.4, 0.5) is 0 Å². The van der Waals surface area contributed by atoms with E-state index in [2.05, 4.69) is 27.7 Å². The first-order chi connectivity index (χ1) is 8.62. The van der Waals surface area contributed by atoms with E-state index in [1.54, 1.807) is 0 Å². The fourth-order valence-electron chi connectivity index (χ4n) is 2.65.